The monoisotopic (exact) mass is 124 g/mol. The maximum Gasteiger partial charge on any atom is 0.138 e. The van der Waals surface area contributed by atoms with Crippen LogP contribution in [0.25, 0.3) is 0 Å². The summed E-state index contributed by atoms with van der Waals surface area (Å²) in [7, 11) is 0. The summed E-state index contributed by atoms with van der Waals surface area (Å²) in [6, 6.07) is 3.92. The van der Waals surface area contributed by atoms with E-state index in [2.05, 4.69) is 0 Å². The summed E-state index contributed by atoms with van der Waals surface area (Å²) in [5.74, 6) is 1.92. The minimum absolute atomic E-state index is 0.263. The molecule has 1 aromatic rings. The van der Waals surface area contributed by atoms with Gasteiger partial charge in [0.1, 0.15) is 17.6 Å². The molecule has 0 radical (unpaired) electrons. The highest BCUT2D eigenvalue weighted by Gasteiger charge is 2.27. The van der Waals surface area contributed by atoms with Gasteiger partial charge in [-0.05, 0) is 19.1 Å². The van der Waals surface area contributed by atoms with Crippen molar-refractivity contribution in [1.29, 1.82) is 0 Å². The molecule has 1 aliphatic heterocycles. The van der Waals surface area contributed by atoms with E-state index in [0.717, 1.165) is 18.1 Å². The first-order chi connectivity index (χ1) is 4.36. The lowest BCUT2D eigenvalue weighted by molar-refractivity contribution is 0.365. The van der Waals surface area contributed by atoms with Crippen molar-refractivity contribution in [2.45, 2.75) is 13.0 Å². The van der Waals surface area contributed by atoms with Crippen LogP contribution in [0.3, 0.4) is 0 Å². The van der Waals surface area contributed by atoms with Gasteiger partial charge in [0.2, 0.25) is 0 Å². The van der Waals surface area contributed by atoms with Crippen LogP contribution in [0.5, 0.6) is 0 Å². The largest absolute Gasteiger partial charge is 0.464 e. The summed E-state index contributed by atoms with van der Waals surface area (Å²) in [6.45, 7) is 2.76. The Morgan fingerprint density at radius 2 is 2.33 bits per heavy atom. The fourth-order valence-electron chi connectivity index (χ4n) is 0.839. The van der Waals surface area contributed by atoms with Gasteiger partial charge < -0.3 is 9.15 Å². The number of aryl methyl sites for hydroxylation is 1. The second kappa shape index (κ2) is 1.61. The van der Waals surface area contributed by atoms with Crippen molar-refractivity contribution in [2.75, 3.05) is 6.61 Å². The van der Waals surface area contributed by atoms with Gasteiger partial charge in [-0.15, -0.1) is 0 Å². The van der Waals surface area contributed by atoms with Gasteiger partial charge in [0, 0.05) is 0 Å². The Morgan fingerprint density at radius 3 is 2.78 bits per heavy atom. The first-order valence-electron chi connectivity index (χ1n) is 3.04. The first-order valence-corrected chi connectivity index (χ1v) is 3.04. The molecule has 2 nitrogen and oxygen atoms in total. The molecule has 1 unspecified atom stereocenters. The summed E-state index contributed by atoms with van der Waals surface area (Å²) in [5.41, 5.74) is 0. The summed E-state index contributed by atoms with van der Waals surface area (Å²) in [5, 5.41) is 0. The van der Waals surface area contributed by atoms with Gasteiger partial charge in [-0.3, -0.25) is 0 Å². The highest BCUT2D eigenvalue weighted by molar-refractivity contribution is 5.10. The Balaban J connectivity index is 2.28. The number of ether oxygens (including phenoxy) is 1. The molecule has 0 aromatic carbocycles. The number of hydrogen-bond donors (Lipinski definition) is 0. The third-order valence-corrected chi connectivity index (χ3v) is 1.41. The van der Waals surface area contributed by atoms with Gasteiger partial charge in [-0.25, -0.2) is 0 Å². The summed E-state index contributed by atoms with van der Waals surface area (Å²) in [6.07, 6.45) is 0.263. The summed E-state index contributed by atoms with van der Waals surface area (Å²) < 4.78 is 10.3. The second-order valence-corrected chi connectivity index (χ2v) is 2.27. The smallest absolute Gasteiger partial charge is 0.138 e. The van der Waals surface area contributed by atoms with Gasteiger partial charge in [0.05, 0.1) is 6.61 Å². The Hall–Kier alpha value is -0.760. The minimum atomic E-state index is 0.263. The number of rotatable bonds is 1. The highest BCUT2D eigenvalue weighted by atomic mass is 16.6. The minimum Gasteiger partial charge on any atom is -0.464 e. The van der Waals surface area contributed by atoms with Crippen LogP contribution in [0, 0.1) is 6.92 Å². The summed E-state index contributed by atoms with van der Waals surface area (Å²) >= 11 is 0. The predicted octanol–water partition coefficient (Wildman–Crippen LogP) is 1.66. The summed E-state index contributed by atoms with van der Waals surface area (Å²) in [4.78, 5) is 0. The van der Waals surface area contributed by atoms with Crippen molar-refractivity contribution in [2.24, 2.45) is 0 Å². The van der Waals surface area contributed by atoms with Gasteiger partial charge in [0.15, 0.2) is 0 Å². The molecule has 0 aliphatic carbocycles. The topological polar surface area (TPSA) is 25.7 Å². The van der Waals surface area contributed by atoms with E-state index in [9.17, 15) is 0 Å². The molecule has 1 fully saturated rings. The van der Waals surface area contributed by atoms with Gasteiger partial charge in [0.25, 0.3) is 0 Å². The van der Waals surface area contributed by atoms with E-state index in [-0.39, 0.29) is 6.10 Å². The molecule has 2 rings (SSSR count). The Labute approximate surface area is 53.4 Å². The van der Waals surface area contributed by atoms with Crippen molar-refractivity contribution in [3.63, 3.8) is 0 Å². The van der Waals surface area contributed by atoms with Gasteiger partial charge in [-0.2, -0.15) is 0 Å². The van der Waals surface area contributed by atoms with Crippen LogP contribution >= 0.6 is 0 Å². The van der Waals surface area contributed by atoms with Crippen LogP contribution in [0.15, 0.2) is 16.5 Å². The normalized spacial score (nSPS) is 24.3. The third-order valence-electron chi connectivity index (χ3n) is 1.41. The van der Waals surface area contributed by atoms with Crippen LogP contribution in [0.2, 0.25) is 0 Å². The molecule has 1 aliphatic rings. The van der Waals surface area contributed by atoms with Crippen LogP contribution in [-0.2, 0) is 4.74 Å². The zero-order valence-corrected chi connectivity index (χ0v) is 5.26. The lowest BCUT2D eigenvalue weighted by atomic mass is 10.3. The van der Waals surface area contributed by atoms with Crippen molar-refractivity contribution in [1.82, 2.24) is 0 Å². The molecule has 0 spiro atoms. The van der Waals surface area contributed by atoms with Crippen molar-refractivity contribution >= 4 is 0 Å². The third kappa shape index (κ3) is 0.856. The average Bonchev–Trinajstić information content (AvgIpc) is 2.58. The van der Waals surface area contributed by atoms with E-state index in [1.165, 1.54) is 0 Å². The molecular formula is C7H8O2. The molecule has 0 saturated carbocycles. The number of furan rings is 1. The SMILES string of the molecule is Cc1ccc(C2CO2)o1. The second-order valence-electron chi connectivity index (χ2n) is 2.27. The van der Waals surface area contributed by atoms with E-state index in [1.807, 2.05) is 19.1 Å². The van der Waals surface area contributed by atoms with Gasteiger partial charge >= 0.3 is 0 Å². The molecule has 48 valence electrons. The first kappa shape index (κ1) is 5.06. The predicted molar refractivity (Wildman–Crippen MR) is 32.1 cm³/mol. The lowest BCUT2D eigenvalue weighted by Crippen LogP contribution is -1.70. The molecule has 2 heterocycles. The highest BCUT2D eigenvalue weighted by Crippen LogP contribution is 2.30. The number of epoxide rings is 1. The maximum absolute atomic E-state index is 5.28. The van der Waals surface area contributed by atoms with E-state index in [0.29, 0.717) is 0 Å². The van der Waals surface area contributed by atoms with Crippen LogP contribution in [0.1, 0.15) is 17.6 Å². The molecule has 9 heavy (non-hydrogen) atoms. The molecule has 0 amide bonds. The molecule has 2 heteroatoms. The fourth-order valence-corrected chi connectivity index (χ4v) is 0.839. The Morgan fingerprint density at radius 1 is 1.56 bits per heavy atom. The van der Waals surface area contributed by atoms with Crippen LogP contribution in [0.4, 0.5) is 0 Å². The van der Waals surface area contributed by atoms with Crippen molar-refractivity contribution < 1.29 is 9.15 Å². The van der Waals surface area contributed by atoms with E-state index >= 15 is 0 Å². The van der Waals surface area contributed by atoms with E-state index in [1.54, 1.807) is 0 Å². The van der Waals surface area contributed by atoms with Crippen molar-refractivity contribution in [3.05, 3.63) is 23.7 Å². The average molecular weight is 124 g/mol. The van der Waals surface area contributed by atoms with Gasteiger partial charge in [-0.1, -0.05) is 0 Å². The molecule has 1 atom stereocenters. The van der Waals surface area contributed by atoms with E-state index in [4.69, 9.17) is 9.15 Å². The Bertz CT molecular complexity index is 210. The molecule has 0 N–H and O–H groups in total. The zero-order valence-electron chi connectivity index (χ0n) is 5.26. The van der Waals surface area contributed by atoms with Crippen molar-refractivity contribution in [3.8, 4) is 0 Å². The number of hydrogen-bond acceptors (Lipinski definition) is 2. The molecule has 0 bridgehead atoms. The lowest BCUT2D eigenvalue weighted by Gasteiger charge is -1.83. The Kier molecular flexibility index (Phi) is 0.904. The van der Waals surface area contributed by atoms with E-state index < -0.39 is 0 Å². The molecular weight excluding hydrogens is 116 g/mol. The molecule has 1 saturated heterocycles. The van der Waals surface area contributed by atoms with Crippen LogP contribution < -0.4 is 0 Å². The van der Waals surface area contributed by atoms with Crippen LogP contribution in [-0.4, -0.2) is 6.61 Å². The standard InChI is InChI=1S/C7H8O2/c1-5-2-3-6(9-5)7-4-8-7/h2-3,7H,4H2,1H3. The fraction of sp³-hybridized carbons (Fsp3) is 0.429. The maximum atomic E-state index is 5.28. The quantitative estimate of drug-likeness (QED) is 0.532. The molecule has 1 aromatic heterocycles. The zero-order chi connectivity index (χ0) is 6.27.